The minimum absolute atomic E-state index is 0.130. The summed E-state index contributed by atoms with van der Waals surface area (Å²) in [5, 5.41) is 0.461. The van der Waals surface area contributed by atoms with Crippen LogP contribution in [-0.4, -0.2) is 30.1 Å². The van der Waals surface area contributed by atoms with E-state index in [-0.39, 0.29) is 23.2 Å². The molecule has 1 unspecified atom stereocenters. The van der Waals surface area contributed by atoms with Crippen molar-refractivity contribution >= 4 is 48.7 Å². The van der Waals surface area contributed by atoms with Crippen molar-refractivity contribution in [1.82, 2.24) is 4.90 Å². The highest BCUT2D eigenvalue weighted by Crippen LogP contribution is 2.38. The van der Waals surface area contributed by atoms with Crippen molar-refractivity contribution in [2.45, 2.75) is 32.4 Å². The quantitative estimate of drug-likeness (QED) is 0.382. The van der Waals surface area contributed by atoms with Gasteiger partial charge >= 0.3 is 0 Å². The second-order valence-electron chi connectivity index (χ2n) is 7.54. The predicted octanol–water partition coefficient (Wildman–Crippen LogP) is 5.68. The summed E-state index contributed by atoms with van der Waals surface area (Å²) >= 11 is 6.87. The summed E-state index contributed by atoms with van der Waals surface area (Å²) in [6.45, 7) is 4.97. The van der Waals surface area contributed by atoms with Crippen LogP contribution in [0.2, 0.25) is 0 Å². The number of hydrogen-bond donors (Lipinski definition) is 0. The maximum absolute atomic E-state index is 13.4. The molecule has 2 heterocycles. The fourth-order valence-electron chi connectivity index (χ4n) is 3.77. The van der Waals surface area contributed by atoms with Crippen LogP contribution >= 0.6 is 31.9 Å². The van der Waals surface area contributed by atoms with Crippen LogP contribution in [0.5, 0.6) is 0 Å². The van der Waals surface area contributed by atoms with Crippen LogP contribution in [0.15, 0.2) is 60.6 Å². The number of nitrogens with zero attached hydrogens (tertiary/aromatic N) is 1. The Morgan fingerprint density at radius 2 is 1.77 bits per heavy atom. The molecule has 1 aliphatic rings. The molecule has 1 aromatic heterocycles. The molecule has 30 heavy (non-hydrogen) atoms. The van der Waals surface area contributed by atoms with Gasteiger partial charge in [0.25, 0.3) is 5.91 Å². The summed E-state index contributed by atoms with van der Waals surface area (Å²) in [4.78, 5) is 28.4. The van der Waals surface area contributed by atoms with Crippen molar-refractivity contribution in [3.05, 3.63) is 78.5 Å². The van der Waals surface area contributed by atoms with Crippen LogP contribution in [0.3, 0.4) is 0 Å². The Hall–Kier alpha value is -1.96. The molecule has 0 saturated carbocycles. The molecule has 1 amide bonds. The largest absolute Gasteiger partial charge is 0.450 e. The van der Waals surface area contributed by atoms with Crippen LogP contribution in [0.1, 0.15) is 48.0 Å². The van der Waals surface area contributed by atoms with Gasteiger partial charge < -0.3 is 14.1 Å². The molecule has 4 rings (SSSR count). The maximum Gasteiger partial charge on any atom is 0.290 e. The molecule has 0 radical (unpaired) electrons. The van der Waals surface area contributed by atoms with E-state index in [1.165, 1.54) is 0 Å². The third-order valence-corrected chi connectivity index (χ3v) is 6.13. The molecule has 1 aliphatic heterocycles. The first-order valence-electron chi connectivity index (χ1n) is 9.81. The molecule has 7 heteroatoms. The average Bonchev–Trinajstić information content (AvgIpc) is 2.99. The van der Waals surface area contributed by atoms with E-state index in [9.17, 15) is 9.59 Å². The van der Waals surface area contributed by atoms with E-state index >= 15 is 0 Å². The van der Waals surface area contributed by atoms with Crippen LogP contribution in [0, 0.1) is 0 Å². The minimum Gasteiger partial charge on any atom is -0.450 e. The summed E-state index contributed by atoms with van der Waals surface area (Å²) < 4.78 is 13.3. The van der Waals surface area contributed by atoms with Gasteiger partial charge in [0.05, 0.1) is 23.1 Å². The summed E-state index contributed by atoms with van der Waals surface area (Å²) in [5.41, 5.74) is 1.51. The summed E-state index contributed by atoms with van der Waals surface area (Å²) in [6, 6.07) is 12.4. The molecule has 2 aromatic carbocycles. The number of fused-ring (bicyclic) bond motifs is 2. The SMILES string of the molecule is CC(C)OCCCN1C(=O)c2oc3ccc(Br)cc3c(=O)c2C1c1ccc(Br)cc1. The Bertz CT molecular complexity index is 1150. The first-order chi connectivity index (χ1) is 14.4. The number of halogens is 2. The number of ether oxygens (including phenoxy) is 1. The zero-order valence-electron chi connectivity index (χ0n) is 16.7. The highest BCUT2D eigenvalue weighted by Gasteiger charge is 2.42. The molecule has 3 aromatic rings. The number of benzene rings is 2. The number of carbonyl (C=O) groups is 1. The predicted molar refractivity (Wildman–Crippen MR) is 123 cm³/mol. The Balaban J connectivity index is 1.81. The minimum atomic E-state index is -0.487. The zero-order chi connectivity index (χ0) is 21.4. The molecule has 5 nitrogen and oxygen atoms in total. The summed E-state index contributed by atoms with van der Waals surface area (Å²) in [6.07, 6.45) is 0.801. The van der Waals surface area contributed by atoms with Crippen LogP contribution < -0.4 is 5.43 Å². The Kier molecular flexibility index (Phi) is 6.14. The van der Waals surface area contributed by atoms with E-state index in [2.05, 4.69) is 31.9 Å². The number of hydrogen-bond acceptors (Lipinski definition) is 4. The van der Waals surface area contributed by atoms with Gasteiger partial charge in [-0.15, -0.1) is 0 Å². The van der Waals surface area contributed by atoms with Crippen molar-refractivity contribution in [2.24, 2.45) is 0 Å². The number of rotatable bonds is 6. The normalized spacial score (nSPS) is 16.0. The van der Waals surface area contributed by atoms with Gasteiger partial charge in [0.15, 0.2) is 5.43 Å². The highest BCUT2D eigenvalue weighted by atomic mass is 79.9. The maximum atomic E-state index is 13.4. The summed E-state index contributed by atoms with van der Waals surface area (Å²) in [5.74, 6) is -0.128. The lowest BCUT2D eigenvalue weighted by Crippen LogP contribution is -2.31. The van der Waals surface area contributed by atoms with Gasteiger partial charge in [-0.3, -0.25) is 9.59 Å². The third-order valence-electron chi connectivity index (χ3n) is 5.11. The second kappa shape index (κ2) is 8.65. The molecule has 0 saturated heterocycles. The Morgan fingerprint density at radius 1 is 1.07 bits per heavy atom. The van der Waals surface area contributed by atoms with Crippen LogP contribution in [0.4, 0.5) is 0 Å². The Labute approximate surface area is 191 Å². The van der Waals surface area contributed by atoms with E-state index in [0.717, 1.165) is 14.5 Å². The van der Waals surface area contributed by atoms with Gasteiger partial charge in [0, 0.05) is 22.1 Å². The smallest absolute Gasteiger partial charge is 0.290 e. The molecular formula is C23H21Br2NO4. The first-order valence-corrected chi connectivity index (χ1v) is 11.4. The molecule has 0 bridgehead atoms. The molecule has 0 N–H and O–H groups in total. The van der Waals surface area contributed by atoms with Crippen LogP contribution in [-0.2, 0) is 4.74 Å². The van der Waals surface area contributed by atoms with Gasteiger partial charge in [-0.1, -0.05) is 44.0 Å². The number of carbonyl (C=O) groups excluding carboxylic acids is 1. The van der Waals surface area contributed by atoms with Gasteiger partial charge in [0.1, 0.15) is 5.58 Å². The van der Waals surface area contributed by atoms with Crippen molar-refractivity contribution < 1.29 is 13.9 Å². The first kappa shape index (κ1) is 21.3. The molecule has 0 aliphatic carbocycles. The summed E-state index contributed by atoms with van der Waals surface area (Å²) in [7, 11) is 0. The second-order valence-corrected chi connectivity index (χ2v) is 9.37. The standard InChI is InChI=1S/C23H21Br2NO4/c1-13(2)29-11-3-10-26-20(14-4-6-15(24)7-5-14)19-21(27)17-12-16(25)8-9-18(17)30-22(19)23(26)28/h4-9,12-13,20H,3,10-11H2,1-2H3. The van der Waals surface area contributed by atoms with Crippen molar-refractivity contribution in [3.63, 3.8) is 0 Å². The lowest BCUT2D eigenvalue weighted by molar-refractivity contribution is 0.0593. The average molecular weight is 535 g/mol. The van der Waals surface area contributed by atoms with Gasteiger partial charge in [-0.05, 0) is 56.2 Å². The molecule has 156 valence electrons. The lowest BCUT2D eigenvalue weighted by Gasteiger charge is -2.25. The van der Waals surface area contributed by atoms with Crippen molar-refractivity contribution in [1.29, 1.82) is 0 Å². The zero-order valence-corrected chi connectivity index (χ0v) is 19.8. The molecule has 0 spiro atoms. The molecule has 1 atom stereocenters. The van der Waals surface area contributed by atoms with E-state index in [1.807, 2.05) is 38.1 Å². The fraction of sp³-hybridized carbons (Fsp3) is 0.304. The van der Waals surface area contributed by atoms with E-state index < -0.39 is 6.04 Å². The van der Waals surface area contributed by atoms with Crippen molar-refractivity contribution in [2.75, 3.05) is 13.2 Å². The van der Waals surface area contributed by atoms with E-state index in [4.69, 9.17) is 9.15 Å². The Morgan fingerprint density at radius 3 is 2.47 bits per heavy atom. The molecule has 0 fully saturated rings. The van der Waals surface area contributed by atoms with Gasteiger partial charge in [-0.2, -0.15) is 0 Å². The third kappa shape index (κ3) is 3.98. The highest BCUT2D eigenvalue weighted by molar-refractivity contribution is 9.10. The topological polar surface area (TPSA) is 59.8 Å². The lowest BCUT2D eigenvalue weighted by atomic mass is 9.98. The number of amides is 1. The van der Waals surface area contributed by atoms with Crippen molar-refractivity contribution in [3.8, 4) is 0 Å². The van der Waals surface area contributed by atoms with Gasteiger partial charge in [-0.25, -0.2) is 0 Å². The fourth-order valence-corrected chi connectivity index (χ4v) is 4.39. The van der Waals surface area contributed by atoms with Gasteiger partial charge in [0.2, 0.25) is 5.76 Å². The monoisotopic (exact) mass is 533 g/mol. The van der Waals surface area contributed by atoms with Crippen LogP contribution in [0.25, 0.3) is 11.0 Å². The molecular weight excluding hydrogens is 514 g/mol. The van der Waals surface area contributed by atoms with E-state index in [0.29, 0.717) is 36.1 Å². The van der Waals surface area contributed by atoms with E-state index in [1.54, 1.807) is 23.1 Å².